The summed E-state index contributed by atoms with van der Waals surface area (Å²) in [5.74, 6) is 0. The molecule has 0 spiro atoms. The average Bonchev–Trinajstić information content (AvgIpc) is 3.00. The third-order valence-corrected chi connectivity index (χ3v) is 21.7. The Kier molecular flexibility index (Phi) is 11.8. The van der Waals surface area contributed by atoms with E-state index in [1.165, 1.54) is 5.57 Å². The van der Waals surface area contributed by atoms with E-state index in [4.69, 9.17) is 8.85 Å². The van der Waals surface area contributed by atoms with E-state index in [-0.39, 0.29) is 12.2 Å². The average molecular weight is 583 g/mol. The van der Waals surface area contributed by atoms with Crippen LogP contribution in [0.2, 0.25) is 36.3 Å². The van der Waals surface area contributed by atoms with Crippen LogP contribution in [0, 0.1) is 0 Å². The molecular weight excluding hydrogens is 532 g/mol. The summed E-state index contributed by atoms with van der Waals surface area (Å²) in [6, 6.07) is 26.7. The van der Waals surface area contributed by atoms with E-state index in [0.29, 0.717) is 6.16 Å². The Morgan fingerprint density at radius 1 is 0.769 bits per heavy atom. The first-order valence-corrected chi connectivity index (χ1v) is 22.1. The first-order valence-electron chi connectivity index (χ1n) is 15.2. The lowest BCUT2D eigenvalue weighted by Crippen LogP contribution is -2.46. The van der Waals surface area contributed by atoms with Crippen molar-refractivity contribution in [2.75, 3.05) is 6.16 Å². The zero-order valence-electron chi connectivity index (χ0n) is 25.2. The van der Waals surface area contributed by atoms with Crippen molar-refractivity contribution in [2.24, 2.45) is 0 Å². The van der Waals surface area contributed by atoms with Gasteiger partial charge in [0.1, 0.15) is 7.14 Å². The highest BCUT2D eigenvalue weighted by molar-refractivity contribution is 7.78. The van der Waals surface area contributed by atoms with Gasteiger partial charge in [0.05, 0.1) is 12.2 Å². The molecule has 0 unspecified atom stereocenters. The second kappa shape index (κ2) is 14.4. The molecule has 0 amide bonds. The van der Waals surface area contributed by atoms with Crippen LogP contribution >= 0.6 is 7.14 Å². The Bertz CT molecular complexity index is 1060. The van der Waals surface area contributed by atoms with E-state index in [0.717, 1.165) is 65.3 Å². The van der Waals surface area contributed by atoms with Gasteiger partial charge in [0.15, 0.2) is 16.6 Å². The number of hydrogen-bond acceptors (Lipinski definition) is 3. The quantitative estimate of drug-likeness (QED) is 0.165. The number of hydrogen-bond donors (Lipinski definition) is 0. The van der Waals surface area contributed by atoms with Gasteiger partial charge in [-0.05, 0) is 53.8 Å². The molecule has 1 aliphatic rings. The summed E-state index contributed by atoms with van der Waals surface area (Å²) in [6.45, 7) is 18.3. The minimum Gasteiger partial charge on any atom is -0.414 e. The molecule has 2 aromatic carbocycles. The van der Waals surface area contributed by atoms with Crippen LogP contribution in [0.15, 0.2) is 84.5 Å². The highest BCUT2D eigenvalue weighted by Crippen LogP contribution is 2.45. The molecule has 3 nitrogen and oxygen atoms in total. The van der Waals surface area contributed by atoms with Gasteiger partial charge < -0.3 is 13.4 Å². The Hall–Kier alpha value is -1.50. The molecule has 0 bridgehead atoms. The van der Waals surface area contributed by atoms with Gasteiger partial charge in [-0.3, -0.25) is 0 Å². The predicted octanol–water partition coefficient (Wildman–Crippen LogP) is 9.06. The maximum Gasteiger partial charge on any atom is 0.192 e. The van der Waals surface area contributed by atoms with Crippen molar-refractivity contribution < 1.29 is 13.4 Å². The van der Waals surface area contributed by atoms with E-state index >= 15 is 0 Å². The van der Waals surface area contributed by atoms with Crippen molar-refractivity contribution in [1.29, 1.82) is 0 Å². The first kappa shape index (κ1) is 32.0. The molecule has 2 aromatic rings. The maximum absolute atomic E-state index is 14.7. The molecule has 0 heterocycles. The van der Waals surface area contributed by atoms with Crippen LogP contribution < -0.4 is 10.6 Å². The molecule has 1 aliphatic carbocycles. The van der Waals surface area contributed by atoms with Gasteiger partial charge in [0.25, 0.3) is 0 Å². The number of allylic oxidation sites excluding steroid dienone is 1. The predicted molar refractivity (Wildman–Crippen MR) is 175 cm³/mol. The topological polar surface area (TPSA) is 35.5 Å². The van der Waals surface area contributed by atoms with E-state index < -0.39 is 23.8 Å². The summed E-state index contributed by atoms with van der Waals surface area (Å²) in [6.07, 6.45) is 4.51. The van der Waals surface area contributed by atoms with Crippen LogP contribution in [0.3, 0.4) is 0 Å². The zero-order valence-corrected chi connectivity index (χ0v) is 28.1. The maximum atomic E-state index is 14.7. The van der Waals surface area contributed by atoms with Gasteiger partial charge in [-0.2, -0.15) is 0 Å². The zero-order chi connectivity index (χ0) is 28.5. The van der Waals surface area contributed by atoms with Gasteiger partial charge in [0.2, 0.25) is 0 Å². The summed E-state index contributed by atoms with van der Waals surface area (Å²) in [5, 5.41) is 1.80. The lowest BCUT2D eigenvalue weighted by Gasteiger charge is -2.42. The molecule has 1 saturated carbocycles. The number of benzene rings is 2. The van der Waals surface area contributed by atoms with Crippen LogP contribution in [0.5, 0.6) is 0 Å². The standard InChI is InChI=1S/C33H51O3PSi2/c1-8-38(9-2,10-3)35-30-26-29(28(7)33(27-30)36-39(11-4,12-5)13-6)24-25-37(34,31-20-16-14-17-21-31)32-22-18-15-19-23-32/h14-24,30,33H,7-13,25-27H2,1-6H3/t30-,33+/m0/s1. The fourth-order valence-corrected chi connectivity index (χ4v) is 14.3. The molecule has 1 fully saturated rings. The molecule has 0 N–H and O–H groups in total. The fourth-order valence-electron chi connectivity index (χ4n) is 6.06. The summed E-state index contributed by atoms with van der Waals surface area (Å²) >= 11 is 0. The Balaban J connectivity index is 2.01. The molecule has 0 radical (unpaired) electrons. The van der Waals surface area contributed by atoms with E-state index in [1.807, 2.05) is 60.7 Å². The molecule has 0 saturated heterocycles. The van der Waals surface area contributed by atoms with Crippen molar-refractivity contribution >= 4 is 34.4 Å². The van der Waals surface area contributed by atoms with Gasteiger partial charge in [0, 0.05) is 23.2 Å². The van der Waals surface area contributed by atoms with E-state index in [9.17, 15) is 4.57 Å². The molecule has 39 heavy (non-hydrogen) atoms. The largest absolute Gasteiger partial charge is 0.414 e. The smallest absolute Gasteiger partial charge is 0.192 e. The van der Waals surface area contributed by atoms with Crippen LogP contribution in [-0.4, -0.2) is 35.0 Å². The van der Waals surface area contributed by atoms with Crippen molar-refractivity contribution in [1.82, 2.24) is 0 Å². The van der Waals surface area contributed by atoms with Gasteiger partial charge in [-0.25, -0.2) is 0 Å². The Labute approximate surface area is 240 Å². The van der Waals surface area contributed by atoms with Crippen molar-refractivity contribution in [3.8, 4) is 0 Å². The molecule has 214 valence electrons. The Morgan fingerprint density at radius 2 is 1.21 bits per heavy atom. The van der Waals surface area contributed by atoms with Gasteiger partial charge >= 0.3 is 0 Å². The van der Waals surface area contributed by atoms with E-state index in [2.05, 4.69) is 54.2 Å². The first-order chi connectivity index (χ1) is 18.7. The SMILES string of the molecule is C=C1C(=CCP(=O)(c2ccccc2)c2ccccc2)C[C@H](O[Si](CC)(CC)CC)C[C@H]1O[Si](CC)(CC)CC. The Morgan fingerprint density at radius 3 is 1.64 bits per heavy atom. The second-order valence-corrected chi connectivity index (χ2v) is 23.4. The summed E-state index contributed by atoms with van der Waals surface area (Å²) in [5.41, 5.74) is 2.26. The lowest BCUT2D eigenvalue weighted by atomic mass is 9.86. The van der Waals surface area contributed by atoms with Crippen LogP contribution in [0.25, 0.3) is 0 Å². The molecular formula is C33H51O3PSi2. The van der Waals surface area contributed by atoms with E-state index in [1.54, 1.807) is 0 Å². The summed E-state index contributed by atoms with van der Waals surface area (Å²) < 4.78 is 28.9. The van der Waals surface area contributed by atoms with Gasteiger partial charge in [-0.15, -0.1) is 0 Å². The molecule has 6 heteroatoms. The van der Waals surface area contributed by atoms with Crippen LogP contribution in [0.1, 0.15) is 54.4 Å². The highest BCUT2D eigenvalue weighted by atomic mass is 31.2. The minimum absolute atomic E-state index is 0.0216. The molecule has 2 atom stereocenters. The van der Waals surface area contributed by atoms with Crippen LogP contribution in [0.4, 0.5) is 0 Å². The molecule has 3 rings (SSSR count). The fraction of sp³-hybridized carbons (Fsp3) is 0.515. The van der Waals surface area contributed by atoms with Crippen molar-refractivity contribution in [2.45, 2.75) is 103 Å². The molecule has 0 aromatic heterocycles. The number of rotatable bonds is 14. The third kappa shape index (κ3) is 7.43. The van der Waals surface area contributed by atoms with Crippen molar-refractivity contribution in [3.63, 3.8) is 0 Å². The monoisotopic (exact) mass is 582 g/mol. The normalized spacial score (nSPS) is 19.9. The van der Waals surface area contributed by atoms with Gasteiger partial charge in [-0.1, -0.05) is 115 Å². The second-order valence-electron chi connectivity index (χ2n) is 11.1. The van der Waals surface area contributed by atoms with Crippen LogP contribution in [-0.2, 0) is 13.4 Å². The lowest BCUT2D eigenvalue weighted by molar-refractivity contribution is 0.101. The highest BCUT2D eigenvalue weighted by Gasteiger charge is 2.40. The minimum atomic E-state index is -2.86. The molecule has 0 aliphatic heterocycles. The summed E-state index contributed by atoms with van der Waals surface area (Å²) in [4.78, 5) is 0. The third-order valence-electron chi connectivity index (χ3n) is 9.34. The summed E-state index contributed by atoms with van der Waals surface area (Å²) in [7, 11) is -6.49. The van der Waals surface area contributed by atoms with Crippen molar-refractivity contribution in [3.05, 3.63) is 84.5 Å².